The molecule has 5 heteroatoms. The second-order valence-electron chi connectivity index (χ2n) is 4.17. The van der Waals surface area contributed by atoms with Gasteiger partial charge in [0.15, 0.2) is 0 Å². The number of primary amides is 1. The third-order valence-corrected chi connectivity index (χ3v) is 2.62. The van der Waals surface area contributed by atoms with Crippen LogP contribution in [0.1, 0.15) is 19.4 Å². The van der Waals surface area contributed by atoms with Crippen LogP contribution in [0.5, 0.6) is 0 Å². The number of rotatable bonds is 4. The van der Waals surface area contributed by atoms with E-state index in [1.165, 1.54) is 6.92 Å². The van der Waals surface area contributed by atoms with Crippen LogP contribution in [0.15, 0.2) is 30.3 Å². The van der Waals surface area contributed by atoms with Gasteiger partial charge in [-0.1, -0.05) is 30.3 Å². The maximum absolute atomic E-state index is 11.9. The molecule has 0 saturated carbocycles. The van der Waals surface area contributed by atoms with Gasteiger partial charge in [-0.2, -0.15) is 0 Å². The van der Waals surface area contributed by atoms with Gasteiger partial charge >= 0.3 is 0 Å². The van der Waals surface area contributed by atoms with Gasteiger partial charge in [-0.25, -0.2) is 0 Å². The van der Waals surface area contributed by atoms with Gasteiger partial charge in [0, 0.05) is 0 Å². The van der Waals surface area contributed by atoms with Gasteiger partial charge in [-0.3, -0.25) is 9.59 Å². The minimum absolute atomic E-state index is 0.435. The Morgan fingerprint density at radius 1 is 1.29 bits per heavy atom. The minimum atomic E-state index is -1.19. The fourth-order valence-electron chi connectivity index (χ4n) is 1.33. The lowest BCUT2D eigenvalue weighted by Crippen LogP contribution is -2.54. The summed E-state index contributed by atoms with van der Waals surface area (Å²) in [6.45, 7) is 3.10. The van der Waals surface area contributed by atoms with E-state index >= 15 is 0 Å². The van der Waals surface area contributed by atoms with E-state index in [0.29, 0.717) is 5.56 Å². The second-order valence-corrected chi connectivity index (χ2v) is 4.17. The largest absolute Gasteiger partial charge is 0.368 e. The molecule has 0 aliphatic rings. The molecule has 1 rings (SSSR count). The predicted octanol–water partition coefficient (Wildman–Crippen LogP) is -0.149. The summed E-state index contributed by atoms with van der Waals surface area (Å²) in [6, 6.07) is 8.21. The molecule has 2 atom stereocenters. The lowest BCUT2D eigenvalue weighted by Gasteiger charge is -2.25. The molecule has 1 unspecified atom stereocenters. The summed E-state index contributed by atoms with van der Waals surface area (Å²) >= 11 is 0. The molecule has 92 valence electrons. The first-order valence-corrected chi connectivity index (χ1v) is 5.30. The minimum Gasteiger partial charge on any atom is -0.368 e. The van der Waals surface area contributed by atoms with Crippen molar-refractivity contribution in [1.29, 1.82) is 0 Å². The highest BCUT2D eigenvalue weighted by molar-refractivity contribution is 5.91. The molecule has 0 radical (unpaired) electrons. The van der Waals surface area contributed by atoms with E-state index in [-0.39, 0.29) is 0 Å². The van der Waals surface area contributed by atoms with Crippen LogP contribution in [0.25, 0.3) is 0 Å². The van der Waals surface area contributed by atoms with Crippen molar-refractivity contribution in [2.24, 2.45) is 11.5 Å². The maximum atomic E-state index is 11.9. The molecule has 0 aliphatic heterocycles. The second kappa shape index (κ2) is 4.97. The van der Waals surface area contributed by atoms with E-state index in [2.05, 4.69) is 5.32 Å². The van der Waals surface area contributed by atoms with Gasteiger partial charge < -0.3 is 16.8 Å². The van der Waals surface area contributed by atoms with Gasteiger partial charge in [-0.15, -0.1) is 0 Å². The van der Waals surface area contributed by atoms with Crippen molar-refractivity contribution in [2.75, 3.05) is 0 Å². The first-order chi connectivity index (χ1) is 7.85. The zero-order valence-electron chi connectivity index (χ0n) is 9.94. The van der Waals surface area contributed by atoms with E-state index in [9.17, 15) is 9.59 Å². The van der Waals surface area contributed by atoms with Crippen molar-refractivity contribution in [1.82, 2.24) is 5.32 Å². The normalized spacial score (nSPS) is 15.7. The quantitative estimate of drug-likeness (QED) is 0.677. The maximum Gasteiger partial charge on any atom is 0.245 e. The highest BCUT2D eigenvalue weighted by atomic mass is 16.2. The van der Waals surface area contributed by atoms with Crippen LogP contribution in [0.2, 0.25) is 0 Å². The van der Waals surface area contributed by atoms with E-state index in [1.54, 1.807) is 31.2 Å². The molecule has 0 bridgehead atoms. The number of amides is 2. The van der Waals surface area contributed by atoms with Gasteiger partial charge in [-0.05, 0) is 19.4 Å². The zero-order valence-corrected chi connectivity index (χ0v) is 9.94. The molecule has 17 heavy (non-hydrogen) atoms. The highest BCUT2D eigenvalue weighted by Gasteiger charge is 2.31. The van der Waals surface area contributed by atoms with Crippen LogP contribution in [0, 0.1) is 0 Å². The Balaban J connectivity index is 2.84. The third-order valence-electron chi connectivity index (χ3n) is 2.62. The lowest BCUT2D eigenvalue weighted by atomic mass is 9.92. The molecule has 0 spiro atoms. The number of nitrogens with two attached hydrogens (primary N) is 2. The van der Waals surface area contributed by atoms with Gasteiger partial charge in [0.25, 0.3) is 0 Å². The average molecular weight is 235 g/mol. The van der Waals surface area contributed by atoms with Crippen molar-refractivity contribution in [3.8, 4) is 0 Å². The Kier molecular flexibility index (Phi) is 3.85. The fourth-order valence-corrected chi connectivity index (χ4v) is 1.33. The molecule has 1 aromatic carbocycles. The van der Waals surface area contributed by atoms with Crippen molar-refractivity contribution in [3.63, 3.8) is 0 Å². The Morgan fingerprint density at radius 2 is 1.82 bits per heavy atom. The first kappa shape index (κ1) is 13.2. The van der Waals surface area contributed by atoms with Gasteiger partial charge in [0.05, 0.1) is 0 Å². The van der Waals surface area contributed by atoms with Gasteiger partial charge in [0.1, 0.15) is 11.6 Å². The molecule has 0 heterocycles. The zero-order chi connectivity index (χ0) is 13.1. The summed E-state index contributed by atoms with van der Waals surface area (Å²) in [5.74, 6) is -1.03. The summed E-state index contributed by atoms with van der Waals surface area (Å²) < 4.78 is 0. The summed E-state index contributed by atoms with van der Waals surface area (Å²) in [6.07, 6.45) is 0. The van der Waals surface area contributed by atoms with E-state index in [1.807, 2.05) is 6.07 Å². The molecule has 2 amide bonds. The SMILES string of the molecule is C[C@H](NC(=O)C(C)(N)c1ccccc1)C(N)=O. The summed E-state index contributed by atoms with van der Waals surface area (Å²) in [4.78, 5) is 22.8. The van der Waals surface area contributed by atoms with Crippen molar-refractivity contribution in [3.05, 3.63) is 35.9 Å². The molecular formula is C12H17N3O2. The number of hydrogen-bond donors (Lipinski definition) is 3. The summed E-state index contributed by atoms with van der Waals surface area (Å²) in [5.41, 5.74) is 10.5. The number of hydrogen-bond acceptors (Lipinski definition) is 3. The standard InChI is InChI=1S/C12H17N3O2/c1-8(10(13)16)15-11(17)12(2,14)9-6-4-3-5-7-9/h3-8H,14H2,1-2H3,(H2,13,16)(H,15,17)/t8-,12?/m0/s1. The lowest BCUT2D eigenvalue weighted by molar-refractivity contribution is -0.130. The smallest absolute Gasteiger partial charge is 0.245 e. The Hall–Kier alpha value is -1.88. The van der Waals surface area contributed by atoms with Crippen LogP contribution >= 0.6 is 0 Å². The molecule has 0 saturated heterocycles. The Morgan fingerprint density at radius 3 is 2.29 bits per heavy atom. The first-order valence-electron chi connectivity index (χ1n) is 5.30. The molecule has 0 fully saturated rings. The average Bonchev–Trinajstić information content (AvgIpc) is 2.29. The van der Waals surface area contributed by atoms with Gasteiger partial charge in [0.2, 0.25) is 11.8 Å². The molecule has 0 aromatic heterocycles. The Bertz CT molecular complexity index is 415. The monoisotopic (exact) mass is 235 g/mol. The number of benzene rings is 1. The van der Waals surface area contributed by atoms with Crippen LogP contribution in [0.3, 0.4) is 0 Å². The Labute approximate surface area is 100 Å². The third kappa shape index (κ3) is 3.04. The molecule has 5 N–H and O–H groups in total. The van der Waals surface area contributed by atoms with Crippen LogP contribution in [-0.2, 0) is 15.1 Å². The fraction of sp³-hybridized carbons (Fsp3) is 0.333. The van der Waals surface area contributed by atoms with Crippen LogP contribution < -0.4 is 16.8 Å². The van der Waals surface area contributed by atoms with E-state index < -0.39 is 23.4 Å². The van der Waals surface area contributed by atoms with Crippen LogP contribution in [0.4, 0.5) is 0 Å². The topological polar surface area (TPSA) is 98.2 Å². The van der Waals surface area contributed by atoms with E-state index in [0.717, 1.165) is 0 Å². The molecule has 1 aromatic rings. The molecular weight excluding hydrogens is 218 g/mol. The van der Waals surface area contributed by atoms with E-state index in [4.69, 9.17) is 11.5 Å². The summed E-state index contributed by atoms with van der Waals surface area (Å²) in [5, 5.41) is 2.48. The highest BCUT2D eigenvalue weighted by Crippen LogP contribution is 2.17. The number of carbonyl (C=O) groups is 2. The predicted molar refractivity (Wildman–Crippen MR) is 64.8 cm³/mol. The number of carbonyl (C=O) groups excluding carboxylic acids is 2. The van der Waals surface area contributed by atoms with Crippen LogP contribution in [-0.4, -0.2) is 17.9 Å². The van der Waals surface area contributed by atoms with Crippen molar-refractivity contribution in [2.45, 2.75) is 25.4 Å². The van der Waals surface area contributed by atoms with Crippen molar-refractivity contribution >= 4 is 11.8 Å². The molecule has 0 aliphatic carbocycles. The van der Waals surface area contributed by atoms with Crippen molar-refractivity contribution < 1.29 is 9.59 Å². The summed E-state index contributed by atoms with van der Waals surface area (Å²) in [7, 11) is 0. The molecule has 5 nitrogen and oxygen atoms in total. The number of nitrogens with one attached hydrogen (secondary N) is 1.